The second-order valence-electron chi connectivity index (χ2n) is 5.81. The smallest absolute Gasteiger partial charge is 0.0473 e. The Morgan fingerprint density at radius 2 is 1.89 bits per heavy atom. The van der Waals surface area contributed by atoms with E-state index in [9.17, 15) is 5.11 Å². The van der Waals surface area contributed by atoms with Crippen LogP contribution in [0.2, 0.25) is 0 Å². The number of nitrogens with zero attached hydrogens (tertiary/aromatic N) is 1. The first-order valence-corrected chi connectivity index (χ1v) is 6.79. The fourth-order valence-electron chi connectivity index (χ4n) is 2.26. The van der Waals surface area contributed by atoms with Gasteiger partial charge in [-0.25, -0.2) is 0 Å². The maximum Gasteiger partial charge on any atom is 0.0473 e. The average molecular weight is 249 g/mol. The van der Waals surface area contributed by atoms with Crippen molar-refractivity contribution in [3.63, 3.8) is 0 Å². The van der Waals surface area contributed by atoms with Crippen LogP contribution in [-0.4, -0.2) is 30.2 Å². The third-order valence-corrected chi connectivity index (χ3v) is 3.66. The third kappa shape index (κ3) is 4.43. The largest absolute Gasteiger partial charge is 0.396 e. The molecule has 2 heteroatoms. The van der Waals surface area contributed by atoms with Crippen molar-refractivity contribution in [2.45, 2.75) is 34.2 Å². The first kappa shape index (κ1) is 15.2. The maximum absolute atomic E-state index is 9.38. The van der Waals surface area contributed by atoms with Crippen LogP contribution in [0.1, 0.15) is 30.5 Å². The monoisotopic (exact) mass is 249 g/mol. The lowest BCUT2D eigenvalue weighted by Gasteiger charge is -2.25. The van der Waals surface area contributed by atoms with Gasteiger partial charge >= 0.3 is 0 Å². The van der Waals surface area contributed by atoms with Crippen molar-refractivity contribution in [2.24, 2.45) is 11.8 Å². The molecular weight excluding hydrogens is 222 g/mol. The first-order chi connectivity index (χ1) is 8.43. The SMILES string of the molecule is Cc1ccc(CN(C)CC(CO)C(C)C)c(C)c1. The highest BCUT2D eigenvalue weighted by Gasteiger charge is 2.15. The summed E-state index contributed by atoms with van der Waals surface area (Å²) in [7, 11) is 2.13. The molecule has 0 aliphatic carbocycles. The Hall–Kier alpha value is -0.860. The van der Waals surface area contributed by atoms with Gasteiger partial charge in [0.2, 0.25) is 0 Å². The van der Waals surface area contributed by atoms with E-state index in [1.807, 2.05) is 0 Å². The molecular formula is C16H27NO. The van der Waals surface area contributed by atoms with E-state index in [0.717, 1.165) is 13.1 Å². The first-order valence-electron chi connectivity index (χ1n) is 6.79. The van der Waals surface area contributed by atoms with Gasteiger partial charge in [0, 0.05) is 19.7 Å². The van der Waals surface area contributed by atoms with Crippen molar-refractivity contribution in [3.8, 4) is 0 Å². The Kier molecular flexibility index (Phi) is 5.83. The number of hydrogen-bond acceptors (Lipinski definition) is 2. The van der Waals surface area contributed by atoms with E-state index >= 15 is 0 Å². The Labute approximate surface area is 112 Å². The molecule has 0 aliphatic rings. The zero-order valence-electron chi connectivity index (χ0n) is 12.4. The van der Waals surface area contributed by atoms with Gasteiger partial charge in [0.05, 0.1) is 0 Å². The van der Waals surface area contributed by atoms with E-state index in [0.29, 0.717) is 11.8 Å². The quantitative estimate of drug-likeness (QED) is 0.838. The summed E-state index contributed by atoms with van der Waals surface area (Å²) in [6.07, 6.45) is 0. The number of hydrogen-bond donors (Lipinski definition) is 1. The summed E-state index contributed by atoms with van der Waals surface area (Å²) in [5.41, 5.74) is 4.05. The highest BCUT2D eigenvalue weighted by molar-refractivity contribution is 5.30. The van der Waals surface area contributed by atoms with Crippen LogP contribution in [0.3, 0.4) is 0 Å². The molecule has 1 aromatic carbocycles. The van der Waals surface area contributed by atoms with Crippen LogP contribution in [0.5, 0.6) is 0 Å². The topological polar surface area (TPSA) is 23.5 Å². The molecule has 0 spiro atoms. The zero-order chi connectivity index (χ0) is 13.7. The van der Waals surface area contributed by atoms with Gasteiger partial charge in [0.25, 0.3) is 0 Å². The molecule has 1 rings (SSSR count). The van der Waals surface area contributed by atoms with E-state index in [1.165, 1.54) is 16.7 Å². The van der Waals surface area contributed by atoms with Gasteiger partial charge in [0.15, 0.2) is 0 Å². The fourth-order valence-corrected chi connectivity index (χ4v) is 2.26. The molecule has 18 heavy (non-hydrogen) atoms. The Bertz CT molecular complexity index is 373. The molecule has 0 aromatic heterocycles. The van der Waals surface area contributed by atoms with Crippen molar-refractivity contribution in [3.05, 3.63) is 34.9 Å². The number of rotatable bonds is 6. The van der Waals surface area contributed by atoms with E-state index in [2.05, 4.69) is 57.8 Å². The van der Waals surface area contributed by atoms with Crippen molar-refractivity contribution < 1.29 is 5.11 Å². The van der Waals surface area contributed by atoms with Gasteiger partial charge in [-0.1, -0.05) is 37.6 Å². The van der Waals surface area contributed by atoms with E-state index < -0.39 is 0 Å². The molecule has 0 aliphatic heterocycles. The van der Waals surface area contributed by atoms with Crippen LogP contribution in [0.4, 0.5) is 0 Å². The van der Waals surface area contributed by atoms with Crippen LogP contribution in [0, 0.1) is 25.7 Å². The van der Waals surface area contributed by atoms with Gasteiger partial charge in [-0.3, -0.25) is 0 Å². The number of aryl methyl sites for hydroxylation is 2. The van der Waals surface area contributed by atoms with E-state index in [1.54, 1.807) is 0 Å². The summed E-state index contributed by atoms with van der Waals surface area (Å²) in [4.78, 5) is 2.30. The fraction of sp³-hybridized carbons (Fsp3) is 0.625. The molecule has 0 fully saturated rings. The Balaban J connectivity index is 2.61. The van der Waals surface area contributed by atoms with Crippen molar-refractivity contribution in [1.29, 1.82) is 0 Å². The molecule has 0 radical (unpaired) electrons. The second-order valence-corrected chi connectivity index (χ2v) is 5.81. The number of aliphatic hydroxyl groups is 1. The van der Waals surface area contributed by atoms with Crippen molar-refractivity contribution >= 4 is 0 Å². The van der Waals surface area contributed by atoms with E-state index in [4.69, 9.17) is 0 Å². The molecule has 1 unspecified atom stereocenters. The lowest BCUT2D eigenvalue weighted by atomic mass is 9.96. The number of benzene rings is 1. The highest BCUT2D eigenvalue weighted by Crippen LogP contribution is 2.15. The molecule has 1 N–H and O–H groups in total. The molecule has 1 atom stereocenters. The molecule has 0 amide bonds. The molecule has 0 saturated heterocycles. The van der Waals surface area contributed by atoms with Crippen LogP contribution < -0.4 is 0 Å². The van der Waals surface area contributed by atoms with Crippen LogP contribution in [-0.2, 0) is 6.54 Å². The summed E-state index contributed by atoms with van der Waals surface area (Å²) in [5, 5.41) is 9.38. The lowest BCUT2D eigenvalue weighted by molar-refractivity contribution is 0.143. The van der Waals surface area contributed by atoms with Crippen LogP contribution >= 0.6 is 0 Å². The summed E-state index contributed by atoms with van der Waals surface area (Å²) in [5.74, 6) is 0.886. The minimum Gasteiger partial charge on any atom is -0.396 e. The van der Waals surface area contributed by atoms with Gasteiger partial charge in [0.1, 0.15) is 0 Å². The van der Waals surface area contributed by atoms with Gasteiger partial charge < -0.3 is 10.0 Å². The Morgan fingerprint density at radius 3 is 2.39 bits per heavy atom. The molecule has 0 bridgehead atoms. The molecule has 0 saturated carbocycles. The average Bonchev–Trinajstić information content (AvgIpc) is 2.29. The maximum atomic E-state index is 9.38. The molecule has 1 aromatic rings. The van der Waals surface area contributed by atoms with Crippen LogP contribution in [0.25, 0.3) is 0 Å². The zero-order valence-corrected chi connectivity index (χ0v) is 12.4. The highest BCUT2D eigenvalue weighted by atomic mass is 16.3. The van der Waals surface area contributed by atoms with Crippen LogP contribution in [0.15, 0.2) is 18.2 Å². The third-order valence-electron chi connectivity index (χ3n) is 3.66. The second kappa shape index (κ2) is 6.91. The van der Waals surface area contributed by atoms with Gasteiger partial charge in [-0.05, 0) is 43.9 Å². The predicted octanol–water partition coefficient (Wildman–Crippen LogP) is 3.00. The standard InChI is InChI=1S/C16H27NO/c1-12(2)16(11-18)10-17(5)9-15-7-6-13(3)8-14(15)4/h6-8,12,16,18H,9-11H2,1-5H3. The van der Waals surface area contributed by atoms with Gasteiger partial charge in [-0.15, -0.1) is 0 Å². The van der Waals surface area contributed by atoms with E-state index in [-0.39, 0.29) is 6.61 Å². The summed E-state index contributed by atoms with van der Waals surface area (Å²) >= 11 is 0. The van der Waals surface area contributed by atoms with Gasteiger partial charge in [-0.2, -0.15) is 0 Å². The summed E-state index contributed by atoms with van der Waals surface area (Å²) in [6, 6.07) is 6.61. The molecule has 102 valence electrons. The normalized spacial score (nSPS) is 13.3. The summed E-state index contributed by atoms with van der Waals surface area (Å²) in [6.45, 7) is 10.8. The predicted molar refractivity (Wildman–Crippen MR) is 77.7 cm³/mol. The minimum atomic E-state index is 0.273. The number of aliphatic hydroxyl groups excluding tert-OH is 1. The van der Waals surface area contributed by atoms with Crippen molar-refractivity contribution in [1.82, 2.24) is 4.90 Å². The summed E-state index contributed by atoms with van der Waals surface area (Å²) < 4.78 is 0. The molecule has 0 heterocycles. The van der Waals surface area contributed by atoms with Crippen molar-refractivity contribution in [2.75, 3.05) is 20.2 Å². The molecule has 2 nitrogen and oxygen atoms in total. The Morgan fingerprint density at radius 1 is 1.22 bits per heavy atom. The minimum absolute atomic E-state index is 0.273. The lowest BCUT2D eigenvalue weighted by Crippen LogP contribution is -2.30.